The van der Waals surface area contributed by atoms with Gasteiger partial charge in [0.2, 0.25) is 0 Å². The van der Waals surface area contributed by atoms with E-state index in [1.54, 1.807) is 37.6 Å². The van der Waals surface area contributed by atoms with Crippen LogP contribution in [0.4, 0.5) is 0 Å². The van der Waals surface area contributed by atoms with Gasteiger partial charge >= 0.3 is 0 Å². The summed E-state index contributed by atoms with van der Waals surface area (Å²) in [6.45, 7) is 7.78. The number of rotatable bonds is 8. The van der Waals surface area contributed by atoms with Crippen molar-refractivity contribution in [1.82, 2.24) is 14.7 Å². The Morgan fingerprint density at radius 1 is 1.13 bits per heavy atom. The van der Waals surface area contributed by atoms with Crippen LogP contribution >= 0.6 is 11.6 Å². The Labute approximate surface area is 227 Å². The second kappa shape index (κ2) is 11.5. The number of unbranched alkanes of at least 4 members (excludes halogenated alkanes) is 1. The topological polar surface area (TPSA) is 88.2 Å². The molecule has 0 bridgehead atoms. The minimum Gasteiger partial charge on any atom is -0.492 e. The maximum atomic E-state index is 13.4. The van der Waals surface area contributed by atoms with Gasteiger partial charge in [-0.15, -0.1) is 0 Å². The van der Waals surface area contributed by atoms with E-state index in [9.17, 15) is 14.9 Å². The van der Waals surface area contributed by atoms with Crippen molar-refractivity contribution in [3.63, 3.8) is 0 Å². The van der Waals surface area contributed by atoms with Crippen molar-refractivity contribution in [2.45, 2.75) is 46.6 Å². The number of nitrogens with zero attached hydrogens (tertiary/aromatic N) is 4. The number of nitriles is 1. The smallest absolute Gasteiger partial charge is 0.271 e. The van der Waals surface area contributed by atoms with Crippen LogP contribution in [0.25, 0.3) is 23.0 Å². The molecule has 0 saturated carbocycles. The highest BCUT2D eigenvalue weighted by atomic mass is 35.5. The molecule has 1 aromatic heterocycles. The molecule has 38 heavy (non-hydrogen) atoms. The van der Waals surface area contributed by atoms with Crippen LogP contribution in [0, 0.1) is 11.3 Å². The number of amides is 2. The number of para-hydroxylation sites is 1. The van der Waals surface area contributed by atoms with Crippen LogP contribution in [0.1, 0.15) is 46.1 Å². The molecule has 0 aliphatic carbocycles. The number of ether oxygens (including phenoxy) is 1. The molecule has 3 aromatic rings. The van der Waals surface area contributed by atoms with Gasteiger partial charge in [0.25, 0.3) is 11.8 Å². The molecule has 0 atom stereocenters. The summed E-state index contributed by atoms with van der Waals surface area (Å²) in [4.78, 5) is 27.4. The van der Waals surface area contributed by atoms with E-state index in [0.29, 0.717) is 34.2 Å². The molecule has 0 unspecified atom stereocenters. The Morgan fingerprint density at radius 2 is 1.87 bits per heavy atom. The van der Waals surface area contributed by atoms with Gasteiger partial charge < -0.3 is 4.74 Å². The van der Waals surface area contributed by atoms with Gasteiger partial charge in [0.1, 0.15) is 23.1 Å². The number of carbonyl (C=O) groups is 2. The maximum absolute atomic E-state index is 13.4. The minimum absolute atomic E-state index is 0.0434. The molecular weight excluding hydrogens is 500 g/mol. The lowest BCUT2D eigenvalue weighted by Gasteiger charge is -2.30. The highest BCUT2D eigenvalue weighted by Crippen LogP contribution is 2.35. The van der Waals surface area contributed by atoms with Gasteiger partial charge in [0.15, 0.2) is 0 Å². The standard InChI is InChI=1S/C30H29ClN4O3/c1-5-6-14-38-27-13-12-21(16-26(27)31)28-22(18-34(33-28)23-10-8-7-9-11-23)15-24-20(4)25(17-32)30(37)35(19(2)3)29(24)36/h7-13,15-16,18-19H,5-6,14H2,1-4H3/b24-15+. The third kappa shape index (κ3) is 5.27. The van der Waals surface area contributed by atoms with Gasteiger partial charge in [-0.2, -0.15) is 10.4 Å². The van der Waals surface area contributed by atoms with Crippen LogP contribution in [-0.4, -0.2) is 39.1 Å². The molecule has 8 heteroatoms. The van der Waals surface area contributed by atoms with E-state index >= 15 is 0 Å². The number of hydrogen-bond acceptors (Lipinski definition) is 5. The van der Waals surface area contributed by atoms with Crippen LogP contribution < -0.4 is 4.74 Å². The summed E-state index contributed by atoms with van der Waals surface area (Å²) in [5.41, 5.74) is 3.38. The highest BCUT2D eigenvalue weighted by molar-refractivity contribution is 6.32. The molecule has 7 nitrogen and oxygen atoms in total. The number of carbonyl (C=O) groups excluding carboxylic acids is 2. The largest absolute Gasteiger partial charge is 0.492 e. The zero-order chi connectivity index (χ0) is 27.4. The molecule has 0 spiro atoms. The maximum Gasteiger partial charge on any atom is 0.271 e. The van der Waals surface area contributed by atoms with Crippen molar-refractivity contribution < 1.29 is 14.3 Å². The fraction of sp³-hybridized carbons (Fsp3) is 0.267. The van der Waals surface area contributed by atoms with Crippen LogP contribution in [-0.2, 0) is 9.59 Å². The number of imide groups is 1. The average molecular weight is 529 g/mol. The SMILES string of the molecule is CCCCOc1ccc(-c2nn(-c3ccccc3)cc2/C=C2/C(=O)N(C(C)C)C(=O)C(C#N)=C2C)cc1Cl. The first-order valence-electron chi connectivity index (χ1n) is 12.6. The van der Waals surface area contributed by atoms with E-state index in [0.717, 1.165) is 29.0 Å². The fourth-order valence-electron chi connectivity index (χ4n) is 4.25. The molecule has 194 valence electrons. The molecule has 0 saturated heterocycles. The van der Waals surface area contributed by atoms with E-state index in [1.807, 2.05) is 54.7 Å². The summed E-state index contributed by atoms with van der Waals surface area (Å²) in [5, 5.41) is 15.0. The lowest BCUT2D eigenvalue weighted by molar-refractivity contribution is -0.142. The van der Waals surface area contributed by atoms with Gasteiger partial charge in [-0.05, 0) is 69.2 Å². The third-order valence-corrected chi connectivity index (χ3v) is 6.61. The summed E-state index contributed by atoms with van der Waals surface area (Å²) >= 11 is 6.56. The Bertz CT molecular complexity index is 1480. The summed E-state index contributed by atoms with van der Waals surface area (Å²) < 4.78 is 7.53. The fourth-order valence-corrected chi connectivity index (χ4v) is 4.48. The van der Waals surface area contributed by atoms with Crippen LogP contribution in [0.5, 0.6) is 5.75 Å². The summed E-state index contributed by atoms with van der Waals surface area (Å²) in [7, 11) is 0. The van der Waals surface area contributed by atoms with Crippen molar-refractivity contribution in [1.29, 1.82) is 5.26 Å². The van der Waals surface area contributed by atoms with Crippen LogP contribution in [0.3, 0.4) is 0 Å². The molecule has 1 aliphatic rings. The van der Waals surface area contributed by atoms with Crippen molar-refractivity contribution >= 4 is 29.5 Å². The first-order valence-corrected chi connectivity index (χ1v) is 12.9. The lowest BCUT2D eigenvalue weighted by Crippen LogP contribution is -2.46. The molecule has 1 aliphatic heterocycles. The predicted octanol–water partition coefficient (Wildman–Crippen LogP) is 6.37. The van der Waals surface area contributed by atoms with E-state index in [4.69, 9.17) is 21.4 Å². The van der Waals surface area contributed by atoms with E-state index in [-0.39, 0.29) is 11.1 Å². The summed E-state index contributed by atoms with van der Waals surface area (Å²) in [6.07, 6.45) is 5.46. The molecule has 2 amide bonds. The zero-order valence-electron chi connectivity index (χ0n) is 21.9. The number of hydrogen-bond donors (Lipinski definition) is 0. The third-order valence-electron chi connectivity index (χ3n) is 6.31. The van der Waals surface area contributed by atoms with Gasteiger partial charge in [-0.1, -0.05) is 43.1 Å². The Kier molecular flexibility index (Phi) is 8.13. The first-order chi connectivity index (χ1) is 18.3. The molecular formula is C30H29ClN4O3. The van der Waals surface area contributed by atoms with E-state index in [2.05, 4.69) is 6.92 Å². The minimum atomic E-state index is -0.576. The average Bonchev–Trinajstić information content (AvgIpc) is 3.32. The zero-order valence-corrected chi connectivity index (χ0v) is 22.6. The van der Waals surface area contributed by atoms with Crippen LogP contribution in [0.2, 0.25) is 5.02 Å². The molecule has 0 N–H and O–H groups in total. The van der Waals surface area contributed by atoms with E-state index in [1.165, 1.54) is 0 Å². The molecule has 0 radical (unpaired) electrons. The molecule has 0 fully saturated rings. The Balaban J connectivity index is 1.87. The summed E-state index contributed by atoms with van der Waals surface area (Å²) in [5.74, 6) is -0.428. The Morgan fingerprint density at radius 3 is 2.50 bits per heavy atom. The van der Waals surface area contributed by atoms with Crippen molar-refractivity contribution in [2.75, 3.05) is 6.61 Å². The lowest BCUT2D eigenvalue weighted by atomic mass is 9.92. The second-order valence-electron chi connectivity index (χ2n) is 9.30. The monoisotopic (exact) mass is 528 g/mol. The molecule has 2 heterocycles. The second-order valence-corrected chi connectivity index (χ2v) is 9.71. The first kappa shape index (κ1) is 26.9. The van der Waals surface area contributed by atoms with Gasteiger partial charge in [-0.3, -0.25) is 14.5 Å². The predicted molar refractivity (Wildman–Crippen MR) is 148 cm³/mol. The number of halogens is 1. The molecule has 2 aromatic carbocycles. The quantitative estimate of drug-likeness (QED) is 0.192. The van der Waals surface area contributed by atoms with Crippen LogP contribution in [0.15, 0.2) is 71.4 Å². The Hall–Kier alpha value is -4.15. The summed E-state index contributed by atoms with van der Waals surface area (Å²) in [6, 6.07) is 16.7. The van der Waals surface area contributed by atoms with Gasteiger partial charge in [0.05, 0.1) is 17.3 Å². The van der Waals surface area contributed by atoms with Crippen molar-refractivity contribution in [3.8, 4) is 28.8 Å². The normalized spacial score (nSPS) is 15.0. The highest BCUT2D eigenvalue weighted by Gasteiger charge is 2.37. The molecule has 4 rings (SSSR count). The van der Waals surface area contributed by atoms with Crippen molar-refractivity contribution in [2.24, 2.45) is 0 Å². The van der Waals surface area contributed by atoms with E-state index < -0.39 is 17.9 Å². The number of aromatic nitrogens is 2. The van der Waals surface area contributed by atoms with Crippen molar-refractivity contribution in [3.05, 3.63) is 82.0 Å². The van der Waals surface area contributed by atoms with Gasteiger partial charge in [-0.25, -0.2) is 4.68 Å². The van der Waals surface area contributed by atoms with Gasteiger partial charge in [0, 0.05) is 28.9 Å². The number of benzene rings is 2.